The van der Waals surface area contributed by atoms with Gasteiger partial charge < -0.3 is 14.6 Å². The van der Waals surface area contributed by atoms with Crippen LogP contribution in [-0.4, -0.2) is 36.9 Å². The van der Waals surface area contributed by atoms with Crippen LogP contribution in [0.2, 0.25) is 0 Å². The van der Waals surface area contributed by atoms with E-state index in [-0.39, 0.29) is 5.97 Å². The molecule has 5 heteroatoms. The van der Waals surface area contributed by atoms with Crippen molar-refractivity contribution in [3.05, 3.63) is 0 Å². The van der Waals surface area contributed by atoms with Crippen LogP contribution in [0.25, 0.3) is 0 Å². The second-order valence-electron chi connectivity index (χ2n) is 7.44. The maximum absolute atomic E-state index is 12.1. The molecule has 0 aromatic carbocycles. The summed E-state index contributed by atoms with van der Waals surface area (Å²) in [6, 6.07) is 0. The number of carbonyl (C=O) groups is 2. The lowest BCUT2D eigenvalue weighted by atomic mass is 9.79. The lowest BCUT2D eigenvalue weighted by molar-refractivity contribution is -0.160. The Hall–Kier alpha value is -1.10. The molecular weight excluding hydrogens is 332 g/mol. The van der Waals surface area contributed by atoms with Gasteiger partial charge in [0.15, 0.2) is 0 Å². The maximum Gasteiger partial charge on any atom is 0.309 e. The van der Waals surface area contributed by atoms with E-state index in [1.54, 1.807) is 0 Å². The minimum Gasteiger partial charge on any atom is -0.481 e. The van der Waals surface area contributed by atoms with Crippen molar-refractivity contribution in [1.29, 1.82) is 0 Å². The zero-order chi connectivity index (χ0) is 19.0. The van der Waals surface area contributed by atoms with E-state index in [1.165, 1.54) is 44.9 Å². The summed E-state index contributed by atoms with van der Waals surface area (Å²) in [5.41, 5.74) is 0. The molecule has 2 unspecified atom stereocenters. The minimum absolute atomic E-state index is 0.319. The number of rotatable bonds is 15. The van der Waals surface area contributed by atoms with E-state index in [9.17, 15) is 14.7 Å². The first-order valence-electron chi connectivity index (χ1n) is 10.6. The van der Waals surface area contributed by atoms with E-state index >= 15 is 0 Å². The fraction of sp³-hybridized carbons (Fsp3) is 0.905. The molecule has 1 N–H and O–H groups in total. The number of carboxylic acid groups (broad SMARTS) is 1. The van der Waals surface area contributed by atoms with Gasteiger partial charge in [0.05, 0.1) is 18.4 Å². The summed E-state index contributed by atoms with van der Waals surface area (Å²) >= 11 is 0. The van der Waals surface area contributed by atoms with Crippen LogP contribution in [0.4, 0.5) is 0 Å². The highest BCUT2D eigenvalue weighted by Crippen LogP contribution is 2.31. The van der Waals surface area contributed by atoms with Gasteiger partial charge in [0.25, 0.3) is 0 Å². The Morgan fingerprint density at radius 2 is 1.38 bits per heavy atom. The van der Waals surface area contributed by atoms with Gasteiger partial charge >= 0.3 is 11.9 Å². The molecule has 1 saturated carbocycles. The molecule has 0 radical (unpaired) electrons. The van der Waals surface area contributed by atoms with Crippen molar-refractivity contribution in [3.63, 3.8) is 0 Å². The Labute approximate surface area is 158 Å². The first kappa shape index (κ1) is 22.9. The summed E-state index contributed by atoms with van der Waals surface area (Å²) < 4.78 is 10.9. The molecule has 1 aliphatic rings. The molecule has 2 atom stereocenters. The monoisotopic (exact) mass is 370 g/mol. The summed E-state index contributed by atoms with van der Waals surface area (Å²) in [5.74, 6) is -2.27. The second-order valence-corrected chi connectivity index (χ2v) is 7.44. The van der Waals surface area contributed by atoms with Crippen molar-refractivity contribution in [2.45, 2.75) is 90.4 Å². The number of carbonyl (C=O) groups excluding carboxylic acids is 1. The molecule has 1 rings (SSSR count). The number of ether oxygens (including phenoxy) is 2. The minimum atomic E-state index is -0.875. The Kier molecular flexibility index (Phi) is 13.2. The van der Waals surface area contributed by atoms with Crippen molar-refractivity contribution >= 4 is 11.9 Å². The fourth-order valence-corrected chi connectivity index (χ4v) is 3.59. The normalized spacial score (nSPS) is 20.0. The molecule has 0 bridgehead atoms. The van der Waals surface area contributed by atoms with Gasteiger partial charge in [0, 0.05) is 19.6 Å². The van der Waals surface area contributed by atoms with Crippen LogP contribution in [-0.2, 0) is 19.1 Å². The third-order valence-corrected chi connectivity index (χ3v) is 5.21. The molecule has 0 spiro atoms. The van der Waals surface area contributed by atoms with Crippen LogP contribution in [0.3, 0.4) is 0 Å². The first-order valence-corrected chi connectivity index (χ1v) is 10.6. The average molecular weight is 371 g/mol. The lowest BCUT2D eigenvalue weighted by Gasteiger charge is -2.26. The molecule has 0 aromatic heterocycles. The smallest absolute Gasteiger partial charge is 0.309 e. The average Bonchev–Trinajstić information content (AvgIpc) is 2.65. The largest absolute Gasteiger partial charge is 0.481 e. The number of aliphatic carboxylic acids is 1. The van der Waals surface area contributed by atoms with Crippen LogP contribution in [0.5, 0.6) is 0 Å². The molecule has 0 amide bonds. The predicted octanol–water partition coefficient (Wildman–Crippen LogP) is 4.97. The van der Waals surface area contributed by atoms with Crippen LogP contribution >= 0.6 is 0 Å². The number of hydrogen-bond donors (Lipinski definition) is 1. The second kappa shape index (κ2) is 15.0. The molecule has 152 valence electrons. The van der Waals surface area contributed by atoms with Gasteiger partial charge in [-0.1, -0.05) is 64.7 Å². The highest BCUT2D eigenvalue weighted by atomic mass is 16.5. The van der Waals surface area contributed by atoms with Crippen LogP contribution in [0, 0.1) is 11.8 Å². The van der Waals surface area contributed by atoms with E-state index in [4.69, 9.17) is 9.47 Å². The molecule has 26 heavy (non-hydrogen) atoms. The van der Waals surface area contributed by atoms with Gasteiger partial charge in [-0.2, -0.15) is 0 Å². The third kappa shape index (κ3) is 10.1. The van der Waals surface area contributed by atoms with Crippen molar-refractivity contribution < 1.29 is 24.2 Å². The molecule has 0 aliphatic heterocycles. The molecule has 1 fully saturated rings. The van der Waals surface area contributed by atoms with Crippen LogP contribution in [0.1, 0.15) is 90.4 Å². The Balaban J connectivity index is 1.93. The number of unbranched alkanes of at least 4 members (excludes halogenated alkanes) is 7. The van der Waals surface area contributed by atoms with Crippen molar-refractivity contribution in [1.82, 2.24) is 0 Å². The van der Waals surface area contributed by atoms with Gasteiger partial charge in [-0.05, 0) is 19.3 Å². The van der Waals surface area contributed by atoms with Crippen molar-refractivity contribution in [2.24, 2.45) is 11.8 Å². The SMILES string of the molecule is CCCCCCCCCCOCCCOC(=O)C1CCCCC1C(=O)O. The van der Waals surface area contributed by atoms with Crippen molar-refractivity contribution in [3.8, 4) is 0 Å². The maximum atomic E-state index is 12.1. The van der Waals surface area contributed by atoms with Gasteiger partial charge in [0.2, 0.25) is 0 Å². The summed E-state index contributed by atoms with van der Waals surface area (Å²) in [7, 11) is 0. The van der Waals surface area contributed by atoms with E-state index in [0.717, 1.165) is 25.9 Å². The van der Waals surface area contributed by atoms with Crippen molar-refractivity contribution in [2.75, 3.05) is 19.8 Å². The van der Waals surface area contributed by atoms with Gasteiger partial charge in [0.1, 0.15) is 0 Å². The first-order chi connectivity index (χ1) is 12.7. The van der Waals surface area contributed by atoms with Crippen LogP contribution < -0.4 is 0 Å². The van der Waals surface area contributed by atoms with Gasteiger partial charge in [-0.25, -0.2) is 0 Å². The number of esters is 1. The Morgan fingerprint density at radius 1 is 0.808 bits per heavy atom. The summed E-state index contributed by atoms with van der Waals surface area (Å²) in [4.78, 5) is 23.3. The highest BCUT2D eigenvalue weighted by Gasteiger charge is 2.36. The summed E-state index contributed by atoms with van der Waals surface area (Å²) in [6.45, 7) is 3.92. The molecule has 1 aliphatic carbocycles. The highest BCUT2D eigenvalue weighted by molar-refractivity contribution is 5.81. The lowest BCUT2D eigenvalue weighted by Crippen LogP contribution is -2.34. The molecule has 0 aromatic rings. The number of hydrogen-bond acceptors (Lipinski definition) is 4. The molecule has 0 saturated heterocycles. The van der Waals surface area contributed by atoms with E-state index < -0.39 is 17.8 Å². The zero-order valence-electron chi connectivity index (χ0n) is 16.5. The zero-order valence-corrected chi connectivity index (χ0v) is 16.5. The predicted molar refractivity (Wildman–Crippen MR) is 102 cm³/mol. The molecule has 5 nitrogen and oxygen atoms in total. The molecule has 0 heterocycles. The summed E-state index contributed by atoms with van der Waals surface area (Å²) in [5, 5.41) is 9.21. The van der Waals surface area contributed by atoms with E-state index in [1.807, 2.05) is 0 Å². The van der Waals surface area contributed by atoms with E-state index in [2.05, 4.69) is 6.92 Å². The topological polar surface area (TPSA) is 72.8 Å². The Morgan fingerprint density at radius 3 is 2.04 bits per heavy atom. The van der Waals surface area contributed by atoms with Crippen LogP contribution in [0.15, 0.2) is 0 Å². The quantitative estimate of drug-likeness (QED) is 0.325. The third-order valence-electron chi connectivity index (χ3n) is 5.21. The number of carboxylic acids is 1. The van der Waals surface area contributed by atoms with E-state index in [0.29, 0.717) is 32.5 Å². The molecular formula is C21H38O5. The standard InChI is InChI=1S/C21H38O5/c1-2-3-4-5-6-7-8-11-15-25-16-12-17-26-21(24)19-14-10-9-13-18(19)20(22)23/h18-19H,2-17H2,1H3,(H,22,23). The Bertz CT molecular complexity index is 383. The van der Waals surface area contributed by atoms with Gasteiger partial charge in [-0.3, -0.25) is 9.59 Å². The summed E-state index contributed by atoms with van der Waals surface area (Å²) in [6.07, 6.45) is 14.0. The fourth-order valence-electron chi connectivity index (χ4n) is 3.59. The van der Waals surface area contributed by atoms with Gasteiger partial charge in [-0.15, -0.1) is 0 Å².